The molecule has 1 aliphatic heterocycles. The highest BCUT2D eigenvalue weighted by molar-refractivity contribution is 6.05. The van der Waals surface area contributed by atoms with Gasteiger partial charge in [-0.2, -0.15) is 0 Å². The molecule has 0 aromatic rings. The molecule has 0 bridgehead atoms. The molecular weight excluding hydrogens is 206 g/mol. The third kappa shape index (κ3) is 1.68. The van der Waals surface area contributed by atoms with Gasteiger partial charge in [-0.3, -0.25) is 14.5 Å². The van der Waals surface area contributed by atoms with Gasteiger partial charge in [-0.15, -0.1) is 0 Å². The van der Waals surface area contributed by atoms with E-state index in [0.717, 1.165) is 18.3 Å². The molecule has 0 unspecified atom stereocenters. The number of imide groups is 1. The van der Waals surface area contributed by atoms with Crippen LogP contribution in [0.1, 0.15) is 25.7 Å². The molecule has 16 heavy (non-hydrogen) atoms. The fourth-order valence-corrected chi connectivity index (χ4v) is 2.55. The average Bonchev–Trinajstić information content (AvgIpc) is 2.52. The molecule has 86 valence electrons. The summed E-state index contributed by atoms with van der Waals surface area (Å²) in [6, 6.07) is 0. The Morgan fingerprint density at radius 3 is 2.75 bits per heavy atom. The maximum atomic E-state index is 11.8. The van der Waals surface area contributed by atoms with Crippen molar-refractivity contribution in [2.24, 2.45) is 11.8 Å². The van der Waals surface area contributed by atoms with Gasteiger partial charge in [-0.05, 0) is 19.3 Å². The molecule has 0 aromatic carbocycles. The summed E-state index contributed by atoms with van der Waals surface area (Å²) in [7, 11) is 1.55. The zero-order valence-electron chi connectivity index (χ0n) is 9.31. The first-order valence-electron chi connectivity index (χ1n) is 5.58. The Hall–Kier alpha value is -1.45. The minimum absolute atomic E-state index is 0.0549. The van der Waals surface area contributed by atoms with Gasteiger partial charge < -0.3 is 4.79 Å². The Morgan fingerprint density at radius 2 is 2.06 bits per heavy atom. The lowest BCUT2D eigenvalue weighted by molar-refractivity contribution is -0.138. The molecule has 1 fully saturated rings. The predicted octanol–water partition coefficient (Wildman–Crippen LogP) is 0.917. The summed E-state index contributed by atoms with van der Waals surface area (Å²) in [6.07, 6.45) is 5.43. The smallest absolute Gasteiger partial charge is 0.233 e. The van der Waals surface area contributed by atoms with Crippen molar-refractivity contribution in [2.75, 3.05) is 7.05 Å². The number of hydrogen-bond acceptors (Lipinski definition) is 3. The van der Waals surface area contributed by atoms with Crippen LogP contribution in [0.5, 0.6) is 0 Å². The fraction of sp³-hybridized carbons (Fsp3) is 0.583. The minimum atomic E-state index is -0.177. The number of hydrogen-bond donors (Lipinski definition) is 0. The van der Waals surface area contributed by atoms with E-state index in [0.29, 0.717) is 19.3 Å². The van der Waals surface area contributed by atoms with Gasteiger partial charge in [0.05, 0.1) is 11.8 Å². The topological polar surface area (TPSA) is 54.5 Å². The van der Waals surface area contributed by atoms with Crippen LogP contribution in [-0.4, -0.2) is 30.0 Å². The second kappa shape index (κ2) is 4.20. The number of carbonyl (C=O) groups excluding carboxylic acids is 3. The predicted molar refractivity (Wildman–Crippen MR) is 57.4 cm³/mol. The lowest BCUT2D eigenvalue weighted by atomic mass is 9.80. The number of rotatable bonds is 3. The molecule has 0 saturated carbocycles. The third-order valence-electron chi connectivity index (χ3n) is 3.51. The molecule has 1 aliphatic carbocycles. The molecule has 2 aliphatic rings. The van der Waals surface area contributed by atoms with E-state index in [1.54, 1.807) is 7.05 Å². The van der Waals surface area contributed by atoms with E-state index < -0.39 is 0 Å². The number of aldehydes is 1. The van der Waals surface area contributed by atoms with Crippen LogP contribution in [0.3, 0.4) is 0 Å². The van der Waals surface area contributed by atoms with Crippen molar-refractivity contribution in [3.8, 4) is 0 Å². The number of allylic oxidation sites excluding steroid dienone is 2. The first-order chi connectivity index (χ1) is 7.65. The Labute approximate surface area is 94.3 Å². The average molecular weight is 221 g/mol. The second-order valence-electron chi connectivity index (χ2n) is 4.46. The van der Waals surface area contributed by atoms with E-state index in [1.807, 2.05) is 6.08 Å². The van der Waals surface area contributed by atoms with Crippen molar-refractivity contribution in [1.29, 1.82) is 0 Å². The highest BCUT2D eigenvalue weighted by Gasteiger charge is 2.46. The van der Waals surface area contributed by atoms with Crippen LogP contribution in [0.4, 0.5) is 0 Å². The van der Waals surface area contributed by atoms with Crippen LogP contribution >= 0.6 is 0 Å². The van der Waals surface area contributed by atoms with Crippen LogP contribution in [0, 0.1) is 11.8 Å². The Kier molecular flexibility index (Phi) is 2.90. The third-order valence-corrected chi connectivity index (χ3v) is 3.51. The summed E-state index contributed by atoms with van der Waals surface area (Å²) in [5.74, 6) is -0.450. The number of carbonyl (C=O) groups is 3. The molecule has 0 spiro atoms. The standard InChI is InChI=1S/C12H15NO3/c1-13-11(15)9-5-4-8(3-2-6-14)7-10(9)12(13)16/h4,6,9-10H,2-3,5,7H2,1H3/t9-,10+/m0/s1. The van der Waals surface area contributed by atoms with Gasteiger partial charge in [-0.1, -0.05) is 11.6 Å². The van der Waals surface area contributed by atoms with Crippen LogP contribution in [0.25, 0.3) is 0 Å². The zero-order valence-corrected chi connectivity index (χ0v) is 9.31. The molecule has 2 amide bonds. The van der Waals surface area contributed by atoms with E-state index >= 15 is 0 Å². The van der Waals surface area contributed by atoms with Crippen molar-refractivity contribution in [3.05, 3.63) is 11.6 Å². The number of likely N-dealkylation sites (tertiary alicyclic amines) is 1. The highest BCUT2D eigenvalue weighted by Crippen LogP contribution is 2.38. The summed E-state index contributed by atoms with van der Waals surface area (Å²) in [6.45, 7) is 0. The largest absolute Gasteiger partial charge is 0.303 e. The van der Waals surface area contributed by atoms with Gasteiger partial charge >= 0.3 is 0 Å². The molecule has 1 heterocycles. The lowest BCUT2D eigenvalue weighted by Gasteiger charge is -2.21. The van der Waals surface area contributed by atoms with E-state index in [2.05, 4.69) is 0 Å². The summed E-state index contributed by atoms with van der Waals surface area (Å²) < 4.78 is 0. The van der Waals surface area contributed by atoms with E-state index in [-0.39, 0.29) is 23.7 Å². The molecule has 0 aromatic heterocycles. The number of nitrogens with zero attached hydrogens (tertiary/aromatic N) is 1. The molecule has 0 radical (unpaired) electrons. The summed E-state index contributed by atoms with van der Waals surface area (Å²) in [4.78, 5) is 35.0. The van der Waals surface area contributed by atoms with Crippen molar-refractivity contribution >= 4 is 18.1 Å². The van der Waals surface area contributed by atoms with Crippen molar-refractivity contribution in [1.82, 2.24) is 4.90 Å². The van der Waals surface area contributed by atoms with E-state index in [9.17, 15) is 14.4 Å². The van der Waals surface area contributed by atoms with Crippen LogP contribution < -0.4 is 0 Å². The zero-order chi connectivity index (χ0) is 11.7. The monoisotopic (exact) mass is 221 g/mol. The van der Waals surface area contributed by atoms with Gasteiger partial charge in [0.25, 0.3) is 0 Å². The maximum absolute atomic E-state index is 11.8. The van der Waals surface area contributed by atoms with E-state index in [1.165, 1.54) is 4.90 Å². The van der Waals surface area contributed by atoms with Crippen molar-refractivity contribution in [2.45, 2.75) is 25.7 Å². The quantitative estimate of drug-likeness (QED) is 0.404. The second-order valence-corrected chi connectivity index (χ2v) is 4.46. The first kappa shape index (κ1) is 11.0. The molecule has 2 rings (SSSR count). The lowest BCUT2D eigenvalue weighted by Crippen LogP contribution is -2.26. The number of fused-ring (bicyclic) bond motifs is 1. The SMILES string of the molecule is CN1C(=O)[C@H]2CC=C(CCC=O)C[C@H]2C1=O. The summed E-state index contributed by atoms with van der Waals surface area (Å²) in [5, 5.41) is 0. The Bertz CT molecular complexity index is 372. The van der Waals surface area contributed by atoms with Crippen LogP contribution in [0.15, 0.2) is 11.6 Å². The van der Waals surface area contributed by atoms with Crippen molar-refractivity contribution < 1.29 is 14.4 Å². The highest BCUT2D eigenvalue weighted by atomic mass is 16.2. The normalized spacial score (nSPS) is 29.1. The van der Waals surface area contributed by atoms with Gasteiger partial charge in [0.2, 0.25) is 11.8 Å². The Balaban J connectivity index is 2.10. The van der Waals surface area contributed by atoms with Gasteiger partial charge in [0, 0.05) is 13.5 Å². The fourth-order valence-electron chi connectivity index (χ4n) is 2.55. The van der Waals surface area contributed by atoms with Crippen LogP contribution in [-0.2, 0) is 14.4 Å². The van der Waals surface area contributed by atoms with Gasteiger partial charge in [-0.25, -0.2) is 0 Å². The molecule has 4 heteroatoms. The first-order valence-corrected chi connectivity index (χ1v) is 5.58. The number of amides is 2. The molecule has 2 atom stereocenters. The molecule has 1 saturated heterocycles. The summed E-state index contributed by atoms with van der Waals surface area (Å²) in [5.41, 5.74) is 1.14. The minimum Gasteiger partial charge on any atom is -0.303 e. The Morgan fingerprint density at radius 1 is 1.38 bits per heavy atom. The molecular formula is C12H15NO3. The summed E-state index contributed by atoms with van der Waals surface area (Å²) >= 11 is 0. The molecule has 4 nitrogen and oxygen atoms in total. The van der Waals surface area contributed by atoms with Crippen molar-refractivity contribution in [3.63, 3.8) is 0 Å². The van der Waals surface area contributed by atoms with E-state index in [4.69, 9.17) is 0 Å². The van der Waals surface area contributed by atoms with Gasteiger partial charge in [0.1, 0.15) is 6.29 Å². The molecule has 0 N–H and O–H groups in total. The maximum Gasteiger partial charge on any atom is 0.233 e. The van der Waals surface area contributed by atoms with Crippen LogP contribution in [0.2, 0.25) is 0 Å². The van der Waals surface area contributed by atoms with Gasteiger partial charge in [0.15, 0.2) is 0 Å².